The molecule has 0 unspecified atom stereocenters. The molecule has 1 spiro atoms. The van der Waals surface area contributed by atoms with Crippen LogP contribution < -0.4 is 5.32 Å². The van der Waals surface area contributed by atoms with Crippen LogP contribution in [0.1, 0.15) is 28.4 Å². The SMILES string of the molecule is Cc1nc(C)c(CN2CCO[C@@]3(CO[C@@H](C(=O)NCCCn4ccnc4)C3)C2)s1. The van der Waals surface area contributed by atoms with Gasteiger partial charge in [-0.25, -0.2) is 9.97 Å². The summed E-state index contributed by atoms with van der Waals surface area (Å²) < 4.78 is 14.0. The number of ether oxygens (including phenoxy) is 2. The van der Waals surface area contributed by atoms with Crippen molar-refractivity contribution in [3.05, 3.63) is 34.3 Å². The average molecular weight is 420 g/mol. The molecule has 4 rings (SSSR count). The Morgan fingerprint density at radius 3 is 3.10 bits per heavy atom. The second-order valence-electron chi connectivity index (χ2n) is 7.93. The number of morpholine rings is 1. The largest absolute Gasteiger partial charge is 0.370 e. The van der Waals surface area contributed by atoms with Crippen molar-refractivity contribution in [3.8, 4) is 0 Å². The molecule has 0 saturated carbocycles. The molecule has 2 aliphatic heterocycles. The smallest absolute Gasteiger partial charge is 0.249 e. The van der Waals surface area contributed by atoms with E-state index in [9.17, 15) is 4.79 Å². The molecule has 2 aromatic rings. The lowest BCUT2D eigenvalue weighted by Gasteiger charge is -2.39. The maximum Gasteiger partial charge on any atom is 0.249 e. The molecule has 0 aromatic carbocycles. The first-order valence-electron chi connectivity index (χ1n) is 10.2. The molecule has 2 aromatic heterocycles. The topological polar surface area (TPSA) is 81.5 Å². The minimum absolute atomic E-state index is 0.0397. The first kappa shape index (κ1) is 20.5. The van der Waals surface area contributed by atoms with Crippen LogP contribution in [0.15, 0.2) is 18.7 Å². The van der Waals surface area contributed by atoms with Gasteiger partial charge in [0.05, 0.1) is 30.2 Å². The van der Waals surface area contributed by atoms with Crippen LogP contribution in [0.25, 0.3) is 0 Å². The zero-order chi connectivity index (χ0) is 20.3. The van der Waals surface area contributed by atoms with Crippen molar-refractivity contribution in [2.45, 2.75) is 51.5 Å². The van der Waals surface area contributed by atoms with E-state index in [1.807, 2.05) is 17.7 Å². The van der Waals surface area contributed by atoms with Gasteiger partial charge in [0.25, 0.3) is 0 Å². The van der Waals surface area contributed by atoms with Crippen molar-refractivity contribution in [2.24, 2.45) is 0 Å². The Kier molecular flexibility index (Phi) is 6.29. The van der Waals surface area contributed by atoms with Gasteiger partial charge in [-0.05, 0) is 20.3 Å². The van der Waals surface area contributed by atoms with Gasteiger partial charge in [0.15, 0.2) is 0 Å². The molecule has 0 radical (unpaired) electrons. The van der Waals surface area contributed by atoms with E-state index in [-0.39, 0.29) is 11.5 Å². The minimum atomic E-state index is -0.435. The third-order valence-electron chi connectivity index (χ3n) is 5.54. The highest BCUT2D eigenvalue weighted by Crippen LogP contribution is 2.32. The first-order valence-corrected chi connectivity index (χ1v) is 11.0. The molecule has 2 saturated heterocycles. The molecule has 4 heterocycles. The number of hydrogen-bond acceptors (Lipinski definition) is 7. The summed E-state index contributed by atoms with van der Waals surface area (Å²) in [6, 6.07) is 0. The molecule has 29 heavy (non-hydrogen) atoms. The molecule has 2 aliphatic rings. The maximum atomic E-state index is 12.5. The van der Waals surface area contributed by atoms with E-state index in [2.05, 4.69) is 27.1 Å². The lowest BCUT2D eigenvalue weighted by Crippen LogP contribution is -2.52. The Morgan fingerprint density at radius 1 is 1.45 bits per heavy atom. The summed E-state index contributed by atoms with van der Waals surface area (Å²) >= 11 is 1.76. The fraction of sp³-hybridized carbons (Fsp3) is 0.650. The van der Waals surface area contributed by atoms with Crippen molar-refractivity contribution in [2.75, 3.05) is 32.8 Å². The number of amides is 1. The Labute approximate surface area is 175 Å². The van der Waals surface area contributed by atoms with Gasteiger partial charge in [-0.2, -0.15) is 0 Å². The third kappa shape index (κ3) is 5.03. The first-order chi connectivity index (χ1) is 14.0. The highest BCUT2D eigenvalue weighted by molar-refractivity contribution is 7.11. The molecule has 0 aliphatic carbocycles. The number of carbonyl (C=O) groups is 1. The van der Waals surface area contributed by atoms with Crippen LogP contribution in [0.5, 0.6) is 0 Å². The second-order valence-corrected chi connectivity index (χ2v) is 9.22. The van der Waals surface area contributed by atoms with Crippen LogP contribution >= 0.6 is 11.3 Å². The predicted octanol–water partition coefficient (Wildman–Crippen LogP) is 1.52. The highest BCUT2D eigenvalue weighted by atomic mass is 32.1. The molecular formula is C20H29N5O3S. The molecule has 2 fully saturated rings. The van der Waals surface area contributed by atoms with Gasteiger partial charge in [-0.15, -0.1) is 11.3 Å². The van der Waals surface area contributed by atoms with Crippen LogP contribution in [0.2, 0.25) is 0 Å². The minimum Gasteiger partial charge on any atom is -0.370 e. The van der Waals surface area contributed by atoms with Crippen LogP contribution in [-0.2, 0) is 27.4 Å². The summed E-state index contributed by atoms with van der Waals surface area (Å²) in [6.07, 6.45) is 6.50. The summed E-state index contributed by atoms with van der Waals surface area (Å²) in [5.74, 6) is -0.0397. The van der Waals surface area contributed by atoms with Gasteiger partial charge < -0.3 is 19.4 Å². The van der Waals surface area contributed by atoms with Crippen LogP contribution in [0.3, 0.4) is 0 Å². The van der Waals surface area contributed by atoms with Crippen LogP contribution in [0, 0.1) is 13.8 Å². The van der Waals surface area contributed by atoms with Gasteiger partial charge in [-0.1, -0.05) is 0 Å². The summed E-state index contributed by atoms with van der Waals surface area (Å²) in [5.41, 5.74) is 0.730. The number of rotatable bonds is 7. The van der Waals surface area contributed by atoms with Crippen molar-refractivity contribution < 1.29 is 14.3 Å². The van der Waals surface area contributed by atoms with E-state index in [0.29, 0.717) is 26.2 Å². The molecule has 1 amide bonds. The standard InChI is InChI=1S/C20H29N5O3S/c1-15-18(29-16(2)23-15)11-25-8-9-28-20(12-25)10-17(27-13-20)19(26)22-4-3-6-24-7-5-21-14-24/h5,7,14,17H,3-4,6,8-13H2,1-2H3,(H,22,26)/t17-,20-/m1/s1. The number of thiazole rings is 1. The zero-order valence-corrected chi connectivity index (χ0v) is 17.9. The average Bonchev–Trinajstić information content (AvgIpc) is 3.41. The second kappa shape index (κ2) is 8.91. The van der Waals surface area contributed by atoms with Crippen LogP contribution in [-0.4, -0.2) is 69.9 Å². The quantitative estimate of drug-likeness (QED) is 0.686. The fourth-order valence-electron chi connectivity index (χ4n) is 4.08. The molecule has 9 heteroatoms. The number of carbonyl (C=O) groups excluding carboxylic acids is 1. The normalized spacial score (nSPS) is 25.0. The Balaban J connectivity index is 1.25. The molecule has 158 valence electrons. The maximum absolute atomic E-state index is 12.5. The van der Waals surface area contributed by atoms with E-state index < -0.39 is 6.10 Å². The number of nitrogens with one attached hydrogen (secondary N) is 1. The van der Waals surface area contributed by atoms with Gasteiger partial charge in [0, 0.05) is 56.4 Å². The molecule has 1 N–H and O–H groups in total. The molecule has 0 bridgehead atoms. The van der Waals surface area contributed by atoms with E-state index in [1.165, 1.54) is 4.88 Å². The van der Waals surface area contributed by atoms with E-state index in [1.54, 1.807) is 23.9 Å². The monoisotopic (exact) mass is 419 g/mol. The lowest BCUT2D eigenvalue weighted by molar-refractivity contribution is -0.130. The summed E-state index contributed by atoms with van der Waals surface area (Å²) in [7, 11) is 0. The number of imidazole rings is 1. The third-order valence-corrected chi connectivity index (χ3v) is 6.60. The fourth-order valence-corrected chi connectivity index (χ4v) is 5.05. The van der Waals surface area contributed by atoms with Crippen molar-refractivity contribution in [1.82, 2.24) is 24.8 Å². The van der Waals surface area contributed by atoms with E-state index in [0.717, 1.165) is 43.3 Å². The molecule has 2 atom stereocenters. The molecule has 8 nitrogen and oxygen atoms in total. The summed E-state index contributed by atoms with van der Waals surface area (Å²) in [4.78, 5) is 24.8. The Bertz CT molecular complexity index is 824. The summed E-state index contributed by atoms with van der Waals surface area (Å²) in [6.45, 7) is 9.28. The number of nitrogens with zero attached hydrogens (tertiary/aromatic N) is 4. The van der Waals surface area contributed by atoms with E-state index >= 15 is 0 Å². The Morgan fingerprint density at radius 2 is 2.34 bits per heavy atom. The van der Waals surface area contributed by atoms with Gasteiger partial charge in [-0.3, -0.25) is 9.69 Å². The van der Waals surface area contributed by atoms with E-state index in [4.69, 9.17) is 9.47 Å². The zero-order valence-electron chi connectivity index (χ0n) is 17.1. The Hall–Kier alpha value is -1.81. The van der Waals surface area contributed by atoms with Gasteiger partial charge in [0.1, 0.15) is 11.7 Å². The number of aryl methyl sites for hydroxylation is 3. The number of hydrogen-bond donors (Lipinski definition) is 1. The van der Waals surface area contributed by atoms with Crippen LogP contribution in [0.4, 0.5) is 0 Å². The van der Waals surface area contributed by atoms with Gasteiger partial charge >= 0.3 is 0 Å². The van der Waals surface area contributed by atoms with Crippen molar-refractivity contribution in [1.29, 1.82) is 0 Å². The predicted molar refractivity (Wildman–Crippen MR) is 110 cm³/mol. The lowest BCUT2D eigenvalue weighted by atomic mass is 9.97. The number of aromatic nitrogens is 3. The molecular weight excluding hydrogens is 390 g/mol. The highest BCUT2D eigenvalue weighted by Gasteiger charge is 2.46. The van der Waals surface area contributed by atoms with Crippen molar-refractivity contribution >= 4 is 17.2 Å². The summed E-state index contributed by atoms with van der Waals surface area (Å²) in [5, 5.41) is 4.10. The van der Waals surface area contributed by atoms with Crippen molar-refractivity contribution in [3.63, 3.8) is 0 Å². The van der Waals surface area contributed by atoms with Gasteiger partial charge in [0.2, 0.25) is 5.91 Å².